The number of ether oxygens (including phenoxy) is 1. The lowest BCUT2D eigenvalue weighted by Crippen LogP contribution is -2.24. The van der Waals surface area contributed by atoms with Crippen molar-refractivity contribution in [1.29, 1.82) is 0 Å². The third-order valence-electron chi connectivity index (χ3n) is 5.56. The van der Waals surface area contributed by atoms with Crippen molar-refractivity contribution in [2.75, 3.05) is 6.61 Å². The Morgan fingerprint density at radius 3 is 2.62 bits per heavy atom. The van der Waals surface area contributed by atoms with Crippen LogP contribution < -0.4 is 5.56 Å². The van der Waals surface area contributed by atoms with Gasteiger partial charge in [0.2, 0.25) is 0 Å². The van der Waals surface area contributed by atoms with E-state index in [-0.39, 0.29) is 16.8 Å². The van der Waals surface area contributed by atoms with Gasteiger partial charge in [-0.25, -0.2) is 4.98 Å². The van der Waals surface area contributed by atoms with Crippen LogP contribution in [0.3, 0.4) is 0 Å². The predicted octanol–water partition coefficient (Wildman–Crippen LogP) is 4.35. The van der Waals surface area contributed by atoms with Crippen LogP contribution in [0, 0.1) is 13.8 Å². The van der Waals surface area contributed by atoms with Crippen LogP contribution in [0.2, 0.25) is 0 Å². The minimum Gasteiger partial charge on any atom is -0.465 e. The highest BCUT2D eigenvalue weighted by atomic mass is 32.2. The second-order valence-electron chi connectivity index (χ2n) is 7.83. The fourth-order valence-electron chi connectivity index (χ4n) is 4.28. The van der Waals surface area contributed by atoms with Crippen LogP contribution in [-0.4, -0.2) is 27.4 Å². The van der Waals surface area contributed by atoms with Crippen molar-refractivity contribution in [1.82, 2.24) is 9.55 Å². The number of benzene rings is 1. The molecule has 2 aromatic heterocycles. The van der Waals surface area contributed by atoms with Gasteiger partial charge in [0.25, 0.3) is 5.56 Å². The zero-order valence-corrected chi connectivity index (χ0v) is 18.1. The summed E-state index contributed by atoms with van der Waals surface area (Å²) in [5, 5.41) is 1.03. The van der Waals surface area contributed by atoms with Gasteiger partial charge >= 0.3 is 5.97 Å². The molecule has 1 aromatic carbocycles. The number of hydrogen-bond acceptors (Lipinski definition) is 6. The highest BCUT2D eigenvalue weighted by Gasteiger charge is 2.31. The summed E-state index contributed by atoms with van der Waals surface area (Å²) in [7, 11) is 0. The molecule has 5 rings (SSSR count). The number of aromatic nitrogens is 2. The SMILES string of the molecule is Cc1cc(C)cc(-n2c(SC3CCOC3=O)nc3sc4c(c3c2=O)CCCC4)c1. The minimum atomic E-state index is -0.314. The van der Waals surface area contributed by atoms with Crippen molar-refractivity contribution in [2.45, 2.75) is 56.4 Å². The van der Waals surface area contributed by atoms with Gasteiger partial charge in [-0.1, -0.05) is 17.8 Å². The Morgan fingerprint density at radius 2 is 1.90 bits per heavy atom. The smallest absolute Gasteiger partial charge is 0.319 e. The molecule has 0 radical (unpaired) electrons. The predicted molar refractivity (Wildman–Crippen MR) is 117 cm³/mol. The van der Waals surface area contributed by atoms with Gasteiger partial charge in [-0.15, -0.1) is 11.3 Å². The zero-order valence-electron chi connectivity index (χ0n) is 16.5. The van der Waals surface area contributed by atoms with E-state index in [0.717, 1.165) is 46.3 Å². The number of hydrogen-bond donors (Lipinski definition) is 0. The van der Waals surface area contributed by atoms with Crippen molar-refractivity contribution in [3.63, 3.8) is 0 Å². The molecule has 0 amide bonds. The average Bonchev–Trinajstić information content (AvgIpc) is 3.24. The number of carbonyl (C=O) groups is 1. The Hall–Kier alpha value is -2.12. The molecule has 29 heavy (non-hydrogen) atoms. The van der Waals surface area contributed by atoms with Crippen LogP contribution in [0.25, 0.3) is 15.9 Å². The third kappa shape index (κ3) is 3.30. The van der Waals surface area contributed by atoms with Crippen LogP contribution in [-0.2, 0) is 22.4 Å². The summed E-state index contributed by atoms with van der Waals surface area (Å²) < 4.78 is 6.84. The van der Waals surface area contributed by atoms with Gasteiger partial charge in [0.05, 0.1) is 17.7 Å². The van der Waals surface area contributed by atoms with Crippen LogP contribution >= 0.6 is 23.1 Å². The number of nitrogens with zero attached hydrogens (tertiary/aromatic N) is 2. The number of cyclic esters (lactones) is 1. The van der Waals surface area contributed by atoms with Gasteiger partial charge in [0.15, 0.2) is 5.16 Å². The molecule has 1 aliphatic carbocycles. The van der Waals surface area contributed by atoms with E-state index in [1.807, 2.05) is 26.0 Å². The molecule has 150 valence electrons. The highest BCUT2D eigenvalue weighted by Crippen LogP contribution is 2.37. The number of rotatable bonds is 3. The van der Waals surface area contributed by atoms with E-state index >= 15 is 0 Å². The maximum absolute atomic E-state index is 13.8. The lowest BCUT2D eigenvalue weighted by atomic mass is 9.97. The lowest BCUT2D eigenvalue weighted by Gasteiger charge is -2.15. The van der Waals surface area contributed by atoms with Crippen molar-refractivity contribution in [3.8, 4) is 5.69 Å². The van der Waals surface area contributed by atoms with Crippen molar-refractivity contribution in [3.05, 3.63) is 50.1 Å². The minimum absolute atomic E-state index is 0.0201. The summed E-state index contributed by atoms with van der Waals surface area (Å²) in [5.74, 6) is -0.221. The Morgan fingerprint density at radius 1 is 1.14 bits per heavy atom. The average molecular weight is 427 g/mol. The van der Waals surface area contributed by atoms with Crippen LogP contribution in [0.4, 0.5) is 0 Å². The normalized spacial score (nSPS) is 18.8. The first-order valence-electron chi connectivity index (χ1n) is 10.0. The summed E-state index contributed by atoms with van der Waals surface area (Å²) in [5.41, 5.74) is 4.16. The first kappa shape index (κ1) is 18.9. The van der Waals surface area contributed by atoms with Crippen molar-refractivity contribution in [2.24, 2.45) is 0 Å². The van der Waals surface area contributed by atoms with E-state index in [1.165, 1.54) is 28.6 Å². The molecule has 1 unspecified atom stereocenters. The number of thioether (sulfide) groups is 1. The fraction of sp³-hybridized carbons (Fsp3) is 0.409. The summed E-state index contributed by atoms with van der Waals surface area (Å²) in [6.07, 6.45) is 4.90. The van der Waals surface area contributed by atoms with E-state index in [4.69, 9.17) is 9.72 Å². The molecule has 0 N–H and O–H groups in total. The number of thiophene rings is 1. The Kier molecular flexibility index (Phi) is 4.75. The lowest BCUT2D eigenvalue weighted by molar-refractivity contribution is -0.137. The molecular weight excluding hydrogens is 404 g/mol. The van der Waals surface area contributed by atoms with Gasteiger partial charge in [0, 0.05) is 11.3 Å². The molecule has 1 fully saturated rings. The topological polar surface area (TPSA) is 61.2 Å². The van der Waals surface area contributed by atoms with E-state index in [2.05, 4.69) is 6.07 Å². The van der Waals surface area contributed by atoms with Gasteiger partial charge < -0.3 is 4.74 Å². The Bertz CT molecular complexity index is 1170. The second kappa shape index (κ2) is 7.29. The highest BCUT2D eigenvalue weighted by molar-refractivity contribution is 8.00. The largest absolute Gasteiger partial charge is 0.465 e. The number of esters is 1. The summed E-state index contributed by atoms with van der Waals surface area (Å²) in [4.78, 5) is 32.9. The third-order valence-corrected chi connectivity index (χ3v) is 7.94. The fourth-order valence-corrected chi connectivity index (χ4v) is 6.66. The van der Waals surface area contributed by atoms with E-state index in [0.29, 0.717) is 18.2 Å². The number of aryl methyl sites for hydroxylation is 4. The molecule has 1 aliphatic heterocycles. The summed E-state index contributed by atoms with van der Waals surface area (Å²) in [6.45, 7) is 4.49. The molecule has 1 atom stereocenters. The van der Waals surface area contributed by atoms with Crippen LogP contribution in [0.5, 0.6) is 0 Å². The molecule has 0 saturated carbocycles. The number of carbonyl (C=O) groups excluding carboxylic acids is 1. The maximum Gasteiger partial charge on any atom is 0.319 e. The first-order chi connectivity index (χ1) is 14.0. The van der Waals surface area contributed by atoms with E-state index in [1.54, 1.807) is 15.9 Å². The molecule has 0 spiro atoms. The van der Waals surface area contributed by atoms with Gasteiger partial charge in [-0.2, -0.15) is 0 Å². The summed E-state index contributed by atoms with van der Waals surface area (Å²) in [6, 6.07) is 6.11. The van der Waals surface area contributed by atoms with Gasteiger partial charge in [0.1, 0.15) is 10.1 Å². The maximum atomic E-state index is 13.8. The molecule has 2 aliphatic rings. The quantitative estimate of drug-likeness (QED) is 0.460. The van der Waals surface area contributed by atoms with Gasteiger partial charge in [-0.3, -0.25) is 14.2 Å². The standard InChI is InChI=1S/C22H22N2O3S2/c1-12-9-13(2)11-14(10-12)24-20(25)18-15-5-3-4-6-16(15)28-19(18)23-22(24)29-17-7-8-27-21(17)26/h9-11,17H,3-8H2,1-2H3. The van der Waals surface area contributed by atoms with Crippen molar-refractivity contribution >= 4 is 39.3 Å². The molecular formula is C22H22N2O3S2. The summed E-state index contributed by atoms with van der Waals surface area (Å²) >= 11 is 2.99. The van der Waals surface area contributed by atoms with Gasteiger partial charge in [-0.05, 0) is 68.4 Å². The van der Waals surface area contributed by atoms with Crippen LogP contribution in [0.15, 0.2) is 28.2 Å². The first-order valence-corrected chi connectivity index (χ1v) is 11.7. The molecule has 0 bridgehead atoms. The zero-order chi connectivity index (χ0) is 20.1. The van der Waals surface area contributed by atoms with E-state index < -0.39 is 0 Å². The molecule has 3 aromatic rings. The van der Waals surface area contributed by atoms with Crippen LogP contribution in [0.1, 0.15) is 40.8 Å². The monoisotopic (exact) mass is 426 g/mol. The molecule has 1 saturated heterocycles. The molecule has 3 heterocycles. The molecule has 5 nitrogen and oxygen atoms in total. The Labute approximate surface area is 177 Å². The van der Waals surface area contributed by atoms with Crippen molar-refractivity contribution < 1.29 is 9.53 Å². The molecule has 7 heteroatoms. The number of fused-ring (bicyclic) bond motifs is 3. The second-order valence-corrected chi connectivity index (χ2v) is 10.1. The Balaban J connectivity index is 1.76. The van der Waals surface area contributed by atoms with E-state index in [9.17, 15) is 9.59 Å².